The van der Waals surface area contributed by atoms with Crippen LogP contribution in [0.5, 0.6) is 0 Å². The second-order valence-electron chi connectivity index (χ2n) is 4.50. The van der Waals surface area contributed by atoms with Crippen molar-refractivity contribution in [1.29, 1.82) is 0 Å². The maximum atomic E-state index is 4.11. The van der Waals surface area contributed by atoms with Crippen LogP contribution in [0.4, 0.5) is 5.13 Å². The van der Waals surface area contributed by atoms with E-state index >= 15 is 0 Å². The Bertz CT molecular complexity index is 369. The molecule has 2 aliphatic heterocycles. The molecule has 4 nitrogen and oxygen atoms in total. The largest absolute Gasteiger partial charge is 0.356 e. The van der Waals surface area contributed by atoms with Crippen LogP contribution in [0.2, 0.25) is 0 Å². The zero-order valence-electron chi connectivity index (χ0n) is 9.03. The number of nitrogens with zero attached hydrogens (tertiary/aromatic N) is 3. The van der Waals surface area contributed by atoms with Gasteiger partial charge in [0.1, 0.15) is 0 Å². The number of anilines is 1. The molecule has 0 aromatic carbocycles. The standard InChI is InChI=1S/C10H15BrN4S/c11-9-13-14-10(16-9)12-7-4-6-15-5-2-1-3-8(7)15/h7-8H,1-6H2,(H,12,14). The molecule has 16 heavy (non-hydrogen) atoms. The first-order chi connectivity index (χ1) is 7.83. The molecule has 2 unspecified atom stereocenters. The van der Waals surface area contributed by atoms with Gasteiger partial charge in [0.2, 0.25) is 5.13 Å². The molecule has 2 fully saturated rings. The highest BCUT2D eigenvalue weighted by Gasteiger charge is 2.35. The molecule has 0 amide bonds. The van der Waals surface area contributed by atoms with Crippen molar-refractivity contribution in [2.45, 2.75) is 37.8 Å². The lowest BCUT2D eigenvalue weighted by molar-refractivity contribution is 0.192. The van der Waals surface area contributed by atoms with Gasteiger partial charge in [0, 0.05) is 18.6 Å². The van der Waals surface area contributed by atoms with E-state index in [4.69, 9.17) is 0 Å². The van der Waals surface area contributed by atoms with Gasteiger partial charge < -0.3 is 5.32 Å². The smallest absolute Gasteiger partial charge is 0.206 e. The zero-order chi connectivity index (χ0) is 11.0. The van der Waals surface area contributed by atoms with Crippen molar-refractivity contribution in [2.75, 3.05) is 18.4 Å². The Morgan fingerprint density at radius 1 is 1.25 bits per heavy atom. The van der Waals surface area contributed by atoms with E-state index in [0.717, 1.165) is 15.1 Å². The number of hydrogen-bond acceptors (Lipinski definition) is 5. The van der Waals surface area contributed by atoms with Crippen LogP contribution in [0, 0.1) is 0 Å². The van der Waals surface area contributed by atoms with Crippen LogP contribution in [-0.2, 0) is 0 Å². The Balaban J connectivity index is 1.67. The maximum Gasteiger partial charge on any atom is 0.206 e. The Labute approximate surface area is 108 Å². The summed E-state index contributed by atoms with van der Waals surface area (Å²) in [5, 5.41) is 12.6. The number of hydrogen-bond donors (Lipinski definition) is 1. The highest BCUT2D eigenvalue weighted by molar-refractivity contribution is 9.11. The van der Waals surface area contributed by atoms with E-state index in [1.807, 2.05) is 0 Å². The van der Waals surface area contributed by atoms with Crippen molar-refractivity contribution in [3.63, 3.8) is 0 Å². The minimum atomic E-state index is 0.570. The third-order valence-corrected chi connectivity index (χ3v) is 4.85. The van der Waals surface area contributed by atoms with Gasteiger partial charge in [-0.3, -0.25) is 4.90 Å². The Morgan fingerprint density at radius 3 is 3.00 bits per heavy atom. The highest BCUT2D eigenvalue weighted by atomic mass is 79.9. The number of aromatic nitrogens is 2. The molecule has 6 heteroatoms. The molecule has 2 atom stereocenters. The van der Waals surface area contributed by atoms with E-state index in [9.17, 15) is 0 Å². The lowest BCUT2D eigenvalue weighted by Gasteiger charge is -2.32. The quantitative estimate of drug-likeness (QED) is 0.910. The van der Waals surface area contributed by atoms with Gasteiger partial charge in [-0.05, 0) is 41.7 Å². The number of rotatable bonds is 2. The second-order valence-corrected chi connectivity index (χ2v) is 6.75. The highest BCUT2D eigenvalue weighted by Crippen LogP contribution is 2.30. The first-order valence-corrected chi connectivity index (χ1v) is 7.43. The van der Waals surface area contributed by atoms with E-state index in [0.29, 0.717) is 6.04 Å². The fourth-order valence-electron chi connectivity index (χ4n) is 2.84. The van der Waals surface area contributed by atoms with Gasteiger partial charge >= 0.3 is 0 Å². The molecule has 0 aliphatic carbocycles. The van der Waals surface area contributed by atoms with Crippen molar-refractivity contribution in [2.24, 2.45) is 0 Å². The number of piperidine rings is 1. The van der Waals surface area contributed by atoms with Crippen LogP contribution >= 0.6 is 27.3 Å². The van der Waals surface area contributed by atoms with Crippen molar-refractivity contribution < 1.29 is 0 Å². The van der Waals surface area contributed by atoms with Gasteiger partial charge in [-0.2, -0.15) is 0 Å². The topological polar surface area (TPSA) is 41.1 Å². The normalized spacial score (nSPS) is 30.3. The van der Waals surface area contributed by atoms with Crippen molar-refractivity contribution in [3.8, 4) is 0 Å². The first kappa shape index (κ1) is 10.9. The summed E-state index contributed by atoms with van der Waals surface area (Å²) in [6, 6.07) is 1.29. The predicted molar refractivity (Wildman–Crippen MR) is 68.8 cm³/mol. The molecule has 0 radical (unpaired) electrons. The average Bonchev–Trinajstić information content (AvgIpc) is 2.87. The molecule has 88 valence electrons. The molecule has 0 spiro atoms. The number of nitrogens with one attached hydrogen (secondary N) is 1. The number of fused-ring (bicyclic) bond motifs is 1. The molecule has 1 aromatic heterocycles. The molecule has 0 saturated carbocycles. The molecule has 1 aromatic rings. The van der Waals surface area contributed by atoms with Crippen LogP contribution in [0.15, 0.2) is 3.92 Å². The zero-order valence-corrected chi connectivity index (χ0v) is 11.4. The molecule has 3 rings (SSSR count). The summed E-state index contributed by atoms with van der Waals surface area (Å²) in [6.45, 7) is 2.52. The summed E-state index contributed by atoms with van der Waals surface area (Å²) < 4.78 is 0.855. The van der Waals surface area contributed by atoms with Crippen LogP contribution in [0.1, 0.15) is 25.7 Å². The molecule has 3 heterocycles. The molecule has 2 aliphatic rings. The summed E-state index contributed by atoms with van der Waals surface area (Å²) in [7, 11) is 0. The van der Waals surface area contributed by atoms with Crippen LogP contribution in [-0.4, -0.2) is 40.3 Å². The summed E-state index contributed by atoms with van der Waals surface area (Å²) in [4.78, 5) is 2.62. The number of halogens is 1. The Kier molecular flexibility index (Phi) is 3.13. The van der Waals surface area contributed by atoms with Crippen molar-refractivity contribution in [3.05, 3.63) is 3.92 Å². The van der Waals surface area contributed by atoms with E-state index in [1.54, 1.807) is 11.3 Å². The molecular weight excluding hydrogens is 288 g/mol. The third kappa shape index (κ3) is 2.10. The second kappa shape index (κ2) is 4.58. The minimum absolute atomic E-state index is 0.570. The lowest BCUT2D eigenvalue weighted by Crippen LogP contribution is -2.41. The first-order valence-electron chi connectivity index (χ1n) is 5.82. The van der Waals surface area contributed by atoms with Gasteiger partial charge in [0.05, 0.1) is 0 Å². The Morgan fingerprint density at radius 2 is 2.19 bits per heavy atom. The van der Waals surface area contributed by atoms with Gasteiger partial charge in [0.25, 0.3) is 0 Å². The molecule has 0 bridgehead atoms. The Hall–Kier alpha value is -0.200. The summed E-state index contributed by atoms with van der Waals surface area (Å²) in [5.74, 6) is 0. The SMILES string of the molecule is Brc1nnc(NC2CCN3CCCCC23)s1. The fraction of sp³-hybridized carbons (Fsp3) is 0.800. The van der Waals surface area contributed by atoms with Crippen molar-refractivity contribution in [1.82, 2.24) is 15.1 Å². The third-order valence-electron chi connectivity index (χ3n) is 3.57. The van der Waals surface area contributed by atoms with Crippen LogP contribution < -0.4 is 5.32 Å². The van der Waals surface area contributed by atoms with E-state index < -0.39 is 0 Å². The lowest BCUT2D eigenvalue weighted by atomic mass is 9.99. The van der Waals surface area contributed by atoms with Crippen LogP contribution in [0.3, 0.4) is 0 Å². The fourth-order valence-corrected chi connectivity index (χ4v) is 3.91. The summed E-state index contributed by atoms with van der Waals surface area (Å²) in [6.07, 6.45) is 5.31. The van der Waals surface area contributed by atoms with Gasteiger partial charge in [-0.1, -0.05) is 17.8 Å². The predicted octanol–water partition coefficient (Wildman–Crippen LogP) is 2.34. The molecule has 1 N–H and O–H groups in total. The minimum Gasteiger partial charge on any atom is -0.356 e. The van der Waals surface area contributed by atoms with E-state index in [-0.39, 0.29) is 0 Å². The van der Waals surface area contributed by atoms with E-state index in [1.165, 1.54) is 38.8 Å². The molecular formula is C10H15BrN4S. The molecule has 2 saturated heterocycles. The summed E-state index contributed by atoms with van der Waals surface area (Å²) >= 11 is 4.92. The van der Waals surface area contributed by atoms with Crippen molar-refractivity contribution >= 4 is 32.4 Å². The van der Waals surface area contributed by atoms with Gasteiger partial charge in [-0.25, -0.2) is 0 Å². The monoisotopic (exact) mass is 302 g/mol. The summed E-state index contributed by atoms with van der Waals surface area (Å²) in [5.41, 5.74) is 0. The van der Waals surface area contributed by atoms with Gasteiger partial charge in [0.15, 0.2) is 3.92 Å². The van der Waals surface area contributed by atoms with E-state index in [2.05, 4.69) is 36.3 Å². The maximum absolute atomic E-state index is 4.11. The van der Waals surface area contributed by atoms with Gasteiger partial charge in [-0.15, -0.1) is 10.2 Å². The average molecular weight is 303 g/mol. The van der Waals surface area contributed by atoms with Crippen LogP contribution in [0.25, 0.3) is 0 Å².